The summed E-state index contributed by atoms with van der Waals surface area (Å²) in [6.07, 6.45) is 5.23. The average Bonchev–Trinajstić information content (AvgIpc) is 3.37. The van der Waals surface area contributed by atoms with Crippen LogP contribution in [-0.4, -0.2) is 61.9 Å². The molecule has 35 heavy (non-hydrogen) atoms. The fraction of sp³-hybridized carbons (Fsp3) is 0.423. The van der Waals surface area contributed by atoms with Crippen molar-refractivity contribution in [2.75, 3.05) is 37.3 Å². The van der Waals surface area contributed by atoms with E-state index in [0.29, 0.717) is 57.4 Å². The van der Waals surface area contributed by atoms with Gasteiger partial charge in [-0.2, -0.15) is 0 Å². The topological polar surface area (TPSA) is 74.9 Å². The SMILES string of the molecule is [C-]#[N+]C1(c2ccccc2)CCN(c2c(C(=O)N3CCC(S(C)(=O)=O)CC3)cnc3ccsc23)CC1. The minimum atomic E-state index is -3.10. The molecule has 0 radical (unpaired) electrons. The number of anilines is 1. The molecule has 0 aliphatic carbocycles. The number of thiophene rings is 1. The predicted octanol–water partition coefficient (Wildman–Crippen LogP) is 4.36. The molecule has 9 heteroatoms. The molecule has 3 aromatic rings. The molecule has 1 amide bonds. The summed E-state index contributed by atoms with van der Waals surface area (Å²) in [5.74, 6) is -0.0974. The Morgan fingerprint density at radius 1 is 1.11 bits per heavy atom. The van der Waals surface area contributed by atoms with Gasteiger partial charge in [-0.05, 0) is 24.3 Å². The quantitative estimate of drug-likeness (QED) is 0.490. The Morgan fingerprint density at radius 2 is 1.80 bits per heavy atom. The number of aromatic nitrogens is 1. The Balaban J connectivity index is 1.43. The molecule has 0 bridgehead atoms. The Bertz CT molecular complexity index is 1380. The Kier molecular flexibility index (Phi) is 6.28. The molecule has 0 atom stereocenters. The number of nitrogens with zero attached hydrogens (tertiary/aromatic N) is 4. The third-order valence-electron chi connectivity index (χ3n) is 7.44. The number of hydrogen-bond donors (Lipinski definition) is 0. The highest BCUT2D eigenvalue weighted by Gasteiger charge is 2.43. The maximum atomic E-state index is 13.7. The van der Waals surface area contributed by atoms with Crippen LogP contribution in [0.15, 0.2) is 48.0 Å². The summed E-state index contributed by atoms with van der Waals surface area (Å²) >= 11 is 1.58. The van der Waals surface area contributed by atoms with Gasteiger partial charge in [0.1, 0.15) is 9.84 Å². The number of fused-ring (bicyclic) bond motifs is 1. The Hall–Kier alpha value is -2.96. The molecule has 2 saturated heterocycles. The van der Waals surface area contributed by atoms with Crippen LogP contribution in [0.5, 0.6) is 0 Å². The molecule has 0 spiro atoms. The van der Waals surface area contributed by atoms with Crippen molar-refractivity contribution in [3.05, 3.63) is 70.5 Å². The van der Waals surface area contributed by atoms with Gasteiger partial charge in [0.2, 0.25) is 0 Å². The first-order valence-corrected chi connectivity index (χ1v) is 14.7. The number of carbonyl (C=O) groups is 1. The van der Waals surface area contributed by atoms with Crippen molar-refractivity contribution >= 4 is 43.0 Å². The van der Waals surface area contributed by atoms with Crippen LogP contribution in [0.25, 0.3) is 15.1 Å². The molecule has 2 aliphatic heterocycles. The molecule has 0 saturated carbocycles. The second-order valence-electron chi connectivity index (χ2n) is 9.47. The number of piperidine rings is 2. The molecule has 4 heterocycles. The molecule has 2 fully saturated rings. The van der Waals surface area contributed by atoms with Gasteiger partial charge in [-0.15, -0.1) is 11.3 Å². The van der Waals surface area contributed by atoms with Crippen LogP contribution < -0.4 is 4.90 Å². The molecule has 1 aromatic carbocycles. The first kappa shape index (κ1) is 23.8. The van der Waals surface area contributed by atoms with Gasteiger partial charge in [-0.1, -0.05) is 30.3 Å². The fourth-order valence-electron chi connectivity index (χ4n) is 5.34. The number of carbonyl (C=O) groups excluding carboxylic acids is 1. The summed E-state index contributed by atoms with van der Waals surface area (Å²) in [7, 11) is -3.10. The lowest BCUT2D eigenvalue weighted by molar-refractivity contribution is 0.0726. The largest absolute Gasteiger partial charge is 0.369 e. The van der Waals surface area contributed by atoms with Crippen molar-refractivity contribution in [2.45, 2.75) is 36.5 Å². The molecule has 2 aliphatic rings. The van der Waals surface area contributed by atoms with E-state index >= 15 is 0 Å². The van der Waals surface area contributed by atoms with Crippen LogP contribution in [0.4, 0.5) is 5.69 Å². The summed E-state index contributed by atoms with van der Waals surface area (Å²) in [5.41, 5.74) is 2.83. The summed E-state index contributed by atoms with van der Waals surface area (Å²) in [5, 5.41) is 1.61. The standard InChI is InChI=1S/C26H28N4O3S2/c1-27-26(19-6-4-3-5-7-19)11-15-29(16-12-26)23-21(18-28-22-10-17-34-24(22)23)25(31)30-13-8-20(9-14-30)35(2,32)33/h3-7,10,17-18,20H,8-9,11-16H2,2H3. The van der Waals surface area contributed by atoms with E-state index in [4.69, 9.17) is 6.57 Å². The van der Waals surface area contributed by atoms with Gasteiger partial charge in [0.05, 0.1) is 26.7 Å². The van der Waals surface area contributed by atoms with Crippen molar-refractivity contribution in [1.29, 1.82) is 0 Å². The zero-order valence-electron chi connectivity index (χ0n) is 19.7. The lowest BCUT2D eigenvalue weighted by atomic mass is 9.81. The molecule has 0 unspecified atom stereocenters. The number of likely N-dealkylation sites (tertiary alicyclic amines) is 1. The van der Waals surface area contributed by atoms with Crippen LogP contribution in [0.2, 0.25) is 0 Å². The molecule has 5 rings (SSSR count). The van der Waals surface area contributed by atoms with Crippen molar-refractivity contribution < 1.29 is 13.2 Å². The summed E-state index contributed by atoms with van der Waals surface area (Å²) in [6, 6.07) is 12.0. The van der Waals surface area contributed by atoms with E-state index in [0.717, 1.165) is 21.5 Å². The molecule has 182 valence electrons. The van der Waals surface area contributed by atoms with Gasteiger partial charge >= 0.3 is 0 Å². The Labute approximate surface area is 210 Å². The van der Waals surface area contributed by atoms with E-state index in [1.54, 1.807) is 22.4 Å². The minimum absolute atomic E-state index is 0.0974. The number of pyridine rings is 1. The van der Waals surface area contributed by atoms with Gasteiger partial charge in [0.25, 0.3) is 11.4 Å². The maximum Gasteiger partial charge on any atom is 0.260 e. The summed E-state index contributed by atoms with van der Waals surface area (Å²) in [4.78, 5) is 26.3. The number of hydrogen-bond acceptors (Lipinski definition) is 6. The van der Waals surface area contributed by atoms with Gasteiger partial charge in [-0.25, -0.2) is 15.0 Å². The average molecular weight is 509 g/mol. The third kappa shape index (κ3) is 4.41. The zero-order valence-corrected chi connectivity index (χ0v) is 21.3. The monoisotopic (exact) mass is 508 g/mol. The first-order chi connectivity index (χ1) is 16.8. The lowest BCUT2D eigenvalue weighted by Crippen LogP contribution is -2.44. The zero-order chi connectivity index (χ0) is 24.6. The van der Waals surface area contributed by atoms with Crippen LogP contribution in [0.3, 0.4) is 0 Å². The van der Waals surface area contributed by atoms with E-state index in [-0.39, 0.29) is 11.2 Å². The van der Waals surface area contributed by atoms with E-state index in [9.17, 15) is 13.2 Å². The highest BCUT2D eigenvalue weighted by molar-refractivity contribution is 7.91. The minimum Gasteiger partial charge on any atom is -0.369 e. The second-order valence-corrected chi connectivity index (χ2v) is 12.7. The molecule has 7 nitrogen and oxygen atoms in total. The van der Waals surface area contributed by atoms with E-state index in [1.165, 1.54) is 6.26 Å². The Morgan fingerprint density at radius 3 is 2.43 bits per heavy atom. The van der Waals surface area contributed by atoms with Crippen molar-refractivity contribution in [3.63, 3.8) is 0 Å². The highest BCUT2D eigenvalue weighted by Crippen LogP contribution is 2.42. The third-order valence-corrected chi connectivity index (χ3v) is 10.0. The molecule has 2 aromatic heterocycles. The predicted molar refractivity (Wildman–Crippen MR) is 140 cm³/mol. The number of benzene rings is 1. The van der Waals surface area contributed by atoms with Crippen molar-refractivity contribution in [3.8, 4) is 0 Å². The fourth-order valence-corrected chi connectivity index (χ4v) is 7.33. The van der Waals surface area contributed by atoms with Gasteiger partial charge in [0, 0.05) is 57.0 Å². The van der Waals surface area contributed by atoms with E-state index in [2.05, 4.69) is 14.7 Å². The van der Waals surface area contributed by atoms with E-state index < -0.39 is 15.4 Å². The molecular weight excluding hydrogens is 480 g/mol. The summed E-state index contributed by atoms with van der Waals surface area (Å²) < 4.78 is 24.9. The van der Waals surface area contributed by atoms with Crippen LogP contribution in [-0.2, 0) is 15.4 Å². The number of amides is 1. The smallest absolute Gasteiger partial charge is 0.260 e. The number of rotatable bonds is 4. The molecular formula is C26H28N4O3S2. The lowest BCUT2D eigenvalue weighted by Gasteiger charge is -2.37. The van der Waals surface area contributed by atoms with Crippen LogP contribution >= 0.6 is 11.3 Å². The maximum absolute atomic E-state index is 13.7. The van der Waals surface area contributed by atoms with Crippen LogP contribution in [0, 0.1) is 6.57 Å². The van der Waals surface area contributed by atoms with E-state index in [1.807, 2.05) is 41.8 Å². The summed E-state index contributed by atoms with van der Waals surface area (Å²) in [6.45, 7) is 10.1. The number of sulfone groups is 1. The van der Waals surface area contributed by atoms with Crippen molar-refractivity contribution in [1.82, 2.24) is 9.88 Å². The van der Waals surface area contributed by atoms with Crippen LogP contribution in [0.1, 0.15) is 41.6 Å². The first-order valence-electron chi connectivity index (χ1n) is 11.9. The van der Waals surface area contributed by atoms with Gasteiger partial charge in [0.15, 0.2) is 0 Å². The highest BCUT2D eigenvalue weighted by atomic mass is 32.2. The van der Waals surface area contributed by atoms with Gasteiger partial charge in [-0.3, -0.25) is 9.78 Å². The normalized spacial score (nSPS) is 19.0. The molecule has 0 N–H and O–H groups in total. The second kappa shape index (κ2) is 9.25. The van der Waals surface area contributed by atoms with Gasteiger partial charge < -0.3 is 14.6 Å². The van der Waals surface area contributed by atoms with Crippen molar-refractivity contribution in [2.24, 2.45) is 0 Å².